The van der Waals surface area contributed by atoms with Gasteiger partial charge in [-0.3, -0.25) is 4.98 Å². The molecule has 0 fully saturated rings. The Balaban J connectivity index is 1.000. The molecule has 0 unspecified atom stereocenters. The molecule has 0 N–H and O–H groups in total. The molecule has 0 saturated carbocycles. The van der Waals surface area contributed by atoms with Crippen molar-refractivity contribution in [1.82, 2.24) is 15.0 Å². The summed E-state index contributed by atoms with van der Waals surface area (Å²) in [5.41, 5.74) is 11.9. The summed E-state index contributed by atoms with van der Waals surface area (Å²) in [5, 5.41) is 7.61. The predicted octanol–water partition coefficient (Wildman–Crippen LogP) is 13.3. The van der Waals surface area contributed by atoms with Crippen LogP contribution in [0.5, 0.6) is 0 Å². The highest BCUT2D eigenvalue weighted by Crippen LogP contribution is 2.40. The van der Waals surface area contributed by atoms with E-state index in [1.807, 2.05) is 42.7 Å². The van der Waals surface area contributed by atoms with Crippen molar-refractivity contribution in [3.05, 3.63) is 200 Å². The Hall–Kier alpha value is -7.23. The van der Waals surface area contributed by atoms with Crippen LogP contribution < -0.4 is 0 Å². The molecule has 54 heavy (non-hydrogen) atoms. The molecule has 3 nitrogen and oxygen atoms in total. The number of hydrogen-bond donors (Lipinski definition) is 0. The number of fused-ring (bicyclic) bond motifs is 4. The van der Waals surface area contributed by atoms with Gasteiger partial charge in [-0.15, -0.1) is 0 Å². The molecule has 10 rings (SSSR count). The number of hydrogen-bond acceptors (Lipinski definition) is 3. The average molecular weight is 688 g/mol. The maximum atomic E-state index is 5.06. The quantitative estimate of drug-likeness (QED) is 0.129. The topological polar surface area (TPSA) is 38.7 Å². The number of pyridine rings is 1. The van der Waals surface area contributed by atoms with Gasteiger partial charge in [0.05, 0.1) is 11.4 Å². The summed E-state index contributed by atoms with van der Waals surface area (Å²) < 4.78 is 0. The monoisotopic (exact) mass is 687 g/mol. The average Bonchev–Trinajstić information content (AvgIpc) is 3.26. The van der Waals surface area contributed by atoms with Crippen LogP contribution in [0.25, 0.3) is 99.6 Å². The van der Waals surface area contributed by atoms with Gasteiger partial charge in [-0.2, -0.15) is 0 Å². The highest BCUT2D eigenvalue weighted by molar-refractivity contribution is 6.20. The molecule has 0 radical (unpaired) electrons. The van der Waals surface area contributed by atoms with Crippen LogP contribution in [0.2, 0.25) is 0 Å². The van der Waals surface area contributed by atoms with Crippen LogP contribution in [0.1, 0.15) is 0 Å². The Morgan fingerprint density at radius 1 is 0.278 bits per heavy atom. The van der Waals surface area contributed by atoms with E-state index in [9.17, 15) is 0 Å². The van der Waals surface area contributed by atoms with Crippen molar-refractivity contribution in [3.63, 3.8) is 0 Å². The van der Waals surface area contributed by atoms with Gasteiger partial charge in [0, 0.05) is 29.1 Å². The molecule has 0 atom stereocenters. The summed E-state index contributed by atoms with van der Waals surface area (Å²) >= 11 is 0. The lowest BCUT2D eigenvalue weighted by molar-refractivity contribution is 1.18. The molecule has 10 aromatic rings. The number of benzene rings is 8. The molecule has 252 valence electrons. The zero-order chi connectivity index (χ0) is 35.8. The van der Waals surface area contributed by atoms with Gasteiger partial charge in [-0.05, 0) is 90.0 Å². The van der Waals surface area contributed by atoms with Gasteiger partial charge in [-0.25, -0.2) is 9.97 Å². The first-order valence-electron chi connectivity index (χ1n) is 18.2. The standard InChI is InChI=1S/C51H33N3/c1-2-9-42(10-3-1)51-53-48(33-49(54-51)40-22-16-36(17-23-40)37-28-30-52-31-29-37)39-20-14-34(15-21-39)35-18-24-41(25-19-35)50-45-13-7-5-11-43(45)32-47-44-12-6-4-8-38(44)26-27-46(47)50/h1-33H. The van der Waals surface area contributed by atoms with Crippen molar-refractivity contribution in [3.8, 4) is 67.3 Å². The molecule has 0 saturated heterocycles. The molecular weight excluding hydrogens is 655 g/mol. The Kier molecular flexibility index (Phi) is 7.81. The van der Waals surface area contributed by atoms with Crippen molar-refractivity contribution in [1.29, 1.82) is 0 Å². The van der Waals surface area contributed by atoms with Crippen LogP contribution in [-0.4, -0.2) is 15.0 Å². The second-order valence-corrected chi connectivity index (χ2v) is 13.7. The van der Waals surface area contributed by atoms with Crippen LogP contribution in [0.4, 0.5) is 0 Å². The van der Waals surface area contributed by atoms with Gasteiger partial charge in [-0.1, -0.05) is 164 Å². The first-order chi connectivity index (χ1) is 26.7. The molecule has 8 aromatic carbocycles. The lowest BCUT2D eigenvalue weighted by Gasteiger charge is -2.14. The smallest absolute Gasteiger partial charge is 0.160 e. The van der Waals surface area contributed by atoms with Crippen LogP contribution in [0.15, 0.2) is 200 Å². The fraction of sp³-hybridized carbons (Fsp3) is 0. The van der Waals surface area contributed by atoms with Crippen molar-refractivity contribution in [2.24, 2.45) is 0 Å². The van der Waals surface area contributed by atoms with Gasteiger partial charge < -0.3 is 0 Å². The minimum atomic E-state index is 0.704. The number of rotatable bonds is 6. The van der Waals surface area contributed by atoms with Crippen molar-refractivity contribution in [2.45, 2.75) is 0 Å². The summed E-state index contributed by atoms with van der Waals surface area (Å²) in [6.45, 7) is 0. The van der Waals surface area contributed by atoms with E-state index in [0.29, 0.717) is 5.82 Å². The highest BCUT2D eigenvalue weighted by Gasteiger charge is 2.14. The molecular formula is C51H33N3. The fourth-order valence-electron chi connectivity index (χ4n) is 7.63. The summed E-state index contributed by atoms with van der Waals surface area (Å²) in [7, 11) is 0. The molecule has 2 aromatic heterocycles. The normalized spacial score (nSPS) is 11.3. The predicted molar refractivity (Wildman–Crippen MR) is 225 cm³/mol. The van der Waals surface area contributed by atoms with Crippen LogP contribution in [0, 0.1) is 0 Å². The van der Waals surface area contributed by atoms with Gasteiger partial charge >= 0.3 is 0 Å². The lowest BCUT2D eigenvalue weighted by atomic mass is 9.89. The Labute approximate surface area is 313 Å². The Bertz CT molecular complexity index is 2940. The van der Waals surface area contributed by atoms with Crippen molar-refractivity contribution in [2.75, 3.05) is 0 Å². The molecule has 0 amide bonds. The van der Waals surface area contributed by atoms with Gasteiger partial charge in [0.1, 0.15) is 0 Å². The van der Waals surface area contributed by atoms with Crippen LogP contribution >= 0.6 is 0 Å². The van der Waals surface area contributed by atoms with E-state index in [-0.39, 0.29) is 0 Å². The number of nitrogens with zero attached hydrogens (tertiary/aromatic N) is 3. The summed E-state index contributed by atoms with van der Waals surface area (Å²) in [5.74, 6) is 0.704. The molecule has 2 heterocycles. The fourth-order valence-corrected chi connectivity index (χ4v) is 7.63. The molecule has 0 aliphatic carbocycles. The van der Waals surface area contributed by atoms with E-state index in [1.165, 1.54) is 49.0 Å². The molecule has 0 aliphatic heterocycles. The van der Waals surface area contributed by atoms with Gasteiger partial charge in [0.25, 0.3) is 0 Å². The van der Waals surface area contributed by atoms with E-state index in [2.05, 4.69) is 163 Å². The first-order valence-corrected chi connectivity index (χ1v) is 18.2. The van der Waals surface area contributed by atoms with Gasteiger partial charge in [0.2, 0.25) is 0 Å². The second-order valence-electron chi connectivity index (χ2n) is 13.7. The molecule has 0 aliphatic rings. The highest BCUT2D eigenvalue weighted by atomic mass is 14.9. The minimum Gasteiger partial charge on any atom is -0.265 e. The van der Waals surface area contributed by atoms with Gasteiger partial charge in [0.15, 0.2) is 5.82 Å². The van der Waals surface area contributed by atoms with Crippen molar-refractivity contribution < 1.29 is 0 Å². The minimum absolute atomic E-state index is 0.704. The SMILES string of the molecule is c1ccc(-c2nc(-c3ccc(-c4ccncc4)cc3)cc(-c3ccc(-c4ccc(-c5c6ccccc6cc6c5ccc5ccccc56)cc4)cc3)n2)cc1. The van der Waals surface area contributed by atoms with E-state index in [0.717, 1.165) is 44.8 Å². The van der Waals surface area contributed by atoms with Crippen molar-refractivity contribution >= 4 is 32.3 Å². The zero-order valence-electron chi connectivity index (χ0n) is 29.4. The summed E-state index contributed by atoms with van der Waals surface area (Å²) in [4.78, 5) is 14.3. The third kappa shape index (κ3) is 5.78. The maximum absolute atomic E-state index is 5.06. The van der Waals surface area contributed by atoms with Crippen LogP contribution in [0.3, 0.4) is 0 Å². The maximum Gasteiger partial charge on any atom is 0.160 e. The zero-order valence-corrected chi connectivity index (χ0v) is 29.4. The molecule has 3 heteroatoms. The third-order valence-electron chi connectivity index (χ3n) is 10.4. The van der Waals surface area contributed by atoms with Crippen LogP contribution in [-0.2, 0) is 0 Å². The number of aromatic nitrogens is 3. The Morgan fingerprint density at radius 3 is 1.41 bits per heavy atom. The first kappa shape index (κ1) is 31.5. The Morgan fingerprint density at radius 2 is 0.778 bits per heavy atom. The summed E-state index contributed by atoms with van der Waals surface area (Å²) in [6, 6.07) is 66.9. The van der Waals surface area contributed by atoms with E-state index in [1.54, 1.807) is 0 Å². The largest absolute Gasteiger partial charge is 0.265 e. The van der Waals surface area contributed by atoms with E-state index in [4.69, 9.17) is 9.97 Å². The van der Waals surface area contributed by atoms with E-state index < -0.39 is 0 Å². The van der Waals surface area contributed by atoms with E-state index >= 15 is 0 Å². The molecule has 0 bridgehead atoms. The molecule has 0 spiro atoms. The summed E-state index contributed by atoms with van der Waals surface area (Å²) in [6.07, 6.45) is 3.64. The second kappa shape index (κ2) is 13.4. The third-order valence-corrected chi connectivity index (χ3v) is 10.4. The lowest BCUT2D eigenvalue weighted by Crippen LogP contribution is -1.96.